The van der Waals surface area contributed by atoms with E-state index in [1.54, 1.807) is 0 Å². The highest BCUT2D eigenvalue weighted by Gasteiger charge is 2.25. The number of carbonyl (C=O) groups excluding carboxylic acids is 1. The molecule has 0 bridgehead atoms. The Morgan fingerprint density at radius 1 is 1.38 bits per heavy atom. The van der Waals surface area contributed by atoms with Gasteiger partial charge in [0.1, 0.15) is 0 Å². The fourth-order valence-electron chi connectivity index (χ4n) is 3.27. The van der Waals surface area contributed by atoms with Crippen molar-refractivity contribution in [3.8, 4) is 0 Å². The monoisotopic (exact) mass is 344 g/mol. The van der Waals surface area contributed by atoms with Gasteiger partial charge in [0, 0.05) is 37.3 Å². The molecule has 1 saturated heterocycles. The number of pyridine rings is 1. The summed E-state index contributed by atoms with van der Waals surface area (Å²) in [5.41, 5.74) is 2.70. The summed E-state index contributed by atoms with van der Waals surface area (Å²) < 4.78 is 4.22. The maximum atomic E-state index is 12.7. The molecule has 24 heavy (non-hydrogen) atoms. The molecule has 3 heterocycles. The second-order valence-corrected chi connectivity index (χ2v) is 7.06. The van der Waals surface area contributed by atoms with Crippen LogP contribution in [0.15, 0.2) is 29.8 Å². The van der Waals surface area contributed by atoms with E-state index in [1.165, 1.54) is 11.5 Å². The average Bonchev–Trinajstić information content (AvgIpc) is 2.87. The third-order valence-corrected chi connectivity index (χ3v) is 5.45. The minimum Gasteiger partial charge on any atom is -0.339 e. The van der Waals surface area contributed by atoms with Crippen LogP contribution in [0.5, 0.6) is 0 Å². The molecule has 1 aliphatic heterocycles. The number of hydrogen-bond acceptors (Lipinski definition) is 5. The van der Waals surface area contributed by atoms with Crippen molar-refractivity contribution >= 4 is 17.4 Å². The van der Waals surface area contributed by atoms with Gasteiger partial charge in [0.15, 0.2) is 0 Å². The first kappa shape index (κ1) is 17.0. The van der Waals surface area contributed by atoms with Crippen molar-refractivity contribution < 1.29 is 4.79 Å². The first-order valence-electron chi connectivity index (χ1n) is 8.45. The molecule has 0 unspecified atom stereocenters. The maximum absolute atomic E-state index is 12.7. The lowest BCUT2D eigenvalue weighted by Gasteiger charge is -2.27. The predicted octanol–water partition coefficient (Wildman–Crippen LogP) is 2.97. The normalized spacial score (nSPS) is 18.6. The van der Waals surface area contributed by atoms with Crippen LogP contribution in [0.2, 0.25) is 0 Å². The zero-order valence-corrected chi connectivity index (χ0v) is 15.1. The van der Waals surface area contributed by atoms with Crippen LogP contribution in [0, 0.1) is 6.92 Å². The Morgan fingerprint density at radius 3 is 2.96 bits per heavy atom. The van der Waals surface area contributed by atoms with Gasteiger partial charge in [-0.3, -0.25) is 14.7 Å². The Labute approximate surface area is 147 Å². The molecular weight excluding hydrogens is 320 g/mol. The van der Waals surface area contributed by atoms with Crippen LogP contribution in [0.25, 0.3) is 0 Å². The Bertz CT molecular complexity index is 673. The number of rotatable bonds is 4. The molecule has 1 aliphatic rings. The van der Waals surface area contributed by atoms with Gasteiger partial charge in [-0.15, -0.1) is 0 Å². The van der Waals surface area contributed by atoms with Gasteiger partial charge in [-0.1, -0.05) is 6.07 Å². The van der Waals surface area contributed by atoms with Crippen LogP contribution >= 0.6 is 11.5 Å². The van der Waals surface area contributed by atoms with Crippen molar-refractivity contribution in [2.75, 3.05) is 20.1 Å². The fourth-order valence-corrected chi connectivity index (χ4v) is 3.95. The van der Waals surface area contributed by atoms with Crippen molar-refractivity contribution in [2.45, 2.75) is 38.8 Å². The number of hydrogen-bond donors (Lipinski definition) is 0. The predicted molar refractivity (Wildman–Crippen MR) is 96.1 cm³/mol. The van der Waals surface area contributed by atoms with E-state index in [0.29, 0.717) is 6.04 Å². The van der Waals surface area contributed by atoms with Gasteiger partial charge < -0.3 is 4.90 Å². The Balaban J connectivity index is 1.58. The first-order valence-corrected chi connectivity index (χ1v) is 9.29. The SMILES string of the molecule is Cc1nscc1C(=O)N1CCC[C@H](N(C)Cc2ccccn2)CC1. The van der Waals surface area contributed by atoms with Crippen LogP contribution in [-0.2, 0) is 6.54 Å². The van der Waals surface area contributed by atoms with E-state index in [-0.39, 0.29) is 5.91 Å². The van der Waals surface area contributed by atoms with E-state index in [2.05, 4.69) is 27.4 Å². The Morgan fingerprint density at radius 2 is 2.25 bits per heavy atom. The summed E-state index contributed by atoms with van der Waals surface area (Å²) in [5.74, 6) is 0.134. The van der Waals surface area contributed by atoms with Gasteiger partial charge in [0.05, 0.1) is 17.0 Å². The van der Waals surface area contributed by atoms with Crippen molar-refractivity contribution in [1.29, 1.82) is 0 Å². The lowest BCUT2D eigenvalue weighted by molar-refractivity contribution is 0.0757. The number of likely N-dealkylation sites (tertiary alicyclic amines) is 1. The molecule has 3 rings (SSSR count). The lowest BCUT2D eigenvalue weighted by Crippen LogP contribution is -2.35. The third kappa shape index (κ3) is 3.99. The van der Waals surface area contributed by atoms with Gasteiger partial charge in [-0.25, -0.2) is 0 Å². The quantitative estimate of drug-likeness (QED) is 0.855. The van der Waals surface area contributed by atoms with Crippen molar-refractivity contribution in [3.63, 3.8) is 0 Å². The van der Waals surface area contributed by atoms with E-state index < -0.39 is 0 Å². The standard InChI is InChI=1S/C18H24N4OS/c1-14-17(13-24-20-14)18(23)22-10-5-7-16(8-11-22)21(2)12-15-6-3-4-9-19-15/h3-4,6,9,13,16H,5,7-8,10-12H2,1-2H3/t16-/m0/s1. The highest BCUT2D eigenvalue weighted by atomic mass is 32.1. The second-order valence-electron chi connectivity index (χ2n) is 6.43. The summed E-state index contributed by atoms with van der Waals surface area (Å²) >= 11 is 1.36. The zero-order valence-electron chi connectivity index (χ0n) is 14.3. The summed E-state index contributed by atoms with van der Waals surface area (Å²) in [6.07, 6.45) is 5.01. The van der Waals surface area contributed by atoms with Crippen LogP contribution < -0.4 is 0 Å². The molecule has 128 valence electrons. The first-order chi connectivity index (χ1) is 11.6. The molecule has 0 saturated carbocycles. The molecule has 1 amide bonds. The van der Waals surface area contributed by atoms with Crippen molar-refractivity contribution in [1.82, 2.24) is 19.2 Å². The summed E-state index contributed by atoms with van der Waals surface area (Å²) in [4.78, 5) is 21.4. The van der Waals surface area contributed by atoms with Crippen molar-refractivity contribution in [2.24, 2.45) is 0 Å². The molecule has 0 spiro atoms. The van der Waals surface area contributed by atoms with Gasteiger partial charge in [0.2, 0.25) is 0 Å². The summed E-state index contributed by atoms with van der Waals surface area (Å²) in [6, 6.07) is 6.53. The highest BCUT2D eigenvalue weighted by Crippen LogP contribution is 2.20. The molecule has 0 radical (unpaired) electrons. The van der Waals surface area contributed by atoms with Crippen molar-refractivity contribution in [3.05, 3.63) is 46.7 Å². The molecule has 0 aromatic carbocycles. The molecule has 2 aromatic rings. The average molecular weight is 344 g/mol. The molecule has 0 N–H and O–H groups in total. The number of aryl methyl sites for hydroxylation is 1. The minimum absolute atomic E-state index is 0.134. The van der Waals surface area contributed by atoms with Gasteiger partial charge in [-0.05, 0) is 56.9 Å². The van der Waals surface area contributed by atoms with E-state index in [4.69, 9.17) is 0 Å². The van der Waals surface area contributed by atoms with E-state index in [9.17, 15) is 4.79 Å². The molecule has 1 atom stereocenters. The number of aromatic nitrogens is 2. The van der Waals surface area contributed by atoms with Gasteiger partial charge in [-0.2, -0.15) is 4.37 Å². The topological polar surface area (TPSA) is 49.3 Å². The highest BCUT2D eigenvalue weighted by molar-refractivity contribution is 7.03. The van der Waals surface area contributed by atoms with E-state index in [1.807, 2.05) is 35.5 Å². The van der Waals surface area contributed by atoms with Crippen LogP contribution in [0.3, 0.4) is 0 Å². The summed E-state index contributed by atoms with van der Waals surface area (Å²) in [7, 11) is 2.16. The largest absolute Gasteiger partial charge is 0.339 e. The Kier molecular flexibility index (Phi) is 5.58. The maximum Gasteiger partial charge on any atom is 0.256 e. The molecule has 6 heteroatoms. The van der Waals surface area contributed by atoms with Gasteiger partial charge in [0.25, 0.3) is 5.91 Å². The number of amides is 1. The van der Waals surface area contributed by atoms with Crippen LogP contribution in [-0.4, -0.2) is 51.2 Å². The second kappa shape index (κ2) is 7.85. The zero-order chi connectivity index (χ0) is 16.9. The Hall–Kier alpha value is -1.79. The minimum atomic E-state index is 0.134. The van der Waals surface area contributed by atoms with Gasteiger partial charge >= 0.3 is 0 Å². The number of nitrogens with zero attached hydrogens (tertiary/aromatic N) is 4. The molecule has 1 fully saturated rings. The molecule has 5 nitrogen and oxygen atoms in total. The number of carbonyl (C=O) groups is 1. The fraction of sp³-hybridized carbons (Fsp3) is 0.500. The van der Waals surface area contributed by atoms with E-state index >= 15 is 0 Å². The third-order valence-electron chi connectivity index (χ3n) is 4.73. The molecular formula is C18H24N4OS. The smallest absolute Gasteiger partial charge is 0.256 e. The molecule has 0 aliphatic carbocycles. The lowest BCUT2D eigenvalue weighted by atomic mass is 10.1. The summed E-state index contributed by atoms with van der Waals surface area (Å²) in [5, 5.41) is 1.87. The molecule has 2 aromatic heterocycles. The van der Waals surface area contributed by atoms with E-state index in [0.717, 1.165) is 55.8 Å². The van der Waals surface area contributed by atoms with Crippen LogP contribution in [0.1, 0.15) is 41.0 Å². The van der Waals surface area contributed by atoms with Crippen LogP contribution in [0.4, 0.5) is 0 Å². The summed E-state index contributed by atoms with van der Waals surface area (Å²) in [6.45, 7) is 4.41.